The van der Waals surface area contributed by atoms with Crippen molar-refractivity contribution in [2.75, 3.05) is 7.11 Å². The van der Waals surface area contributed by atoms with E-state index in [2.05, 4.69) is 25.2 Å². The van der Waals surface area contributed by atoms with Gasteiger partial charge in [-0.1, -0.05) is 44.7 Å². The molecular formula is C15H18O3. The van der Waals surface area contributed by atoms with Gasteiger partial charge in [0.2, 0.25) is 0 Å². The van der Waals surface area contributed by atoms with E-state index in [-0.39, 0.29) is 17.8 Å². The van der Waals surface area contributed by atoms with Crippen LogP contribution in [0.1, 0.15) is 42.1 Å². The first-order valence-electron chi connectivity index (χ1n) is 5.85. The third kappa shape index (κ3) is 3.55. The van der Waals surface area contributed by atoms with E-state index in [4.69, 9.17) is 0 Å². The fraction of sp³-hybridized carbons (Fsp3) is 0.333. The summed E-state index contributed by atoms with van der Waals surface area (Å²) >= 11 is 0. The second-order valence-electron chi connectivity index (χ2n) is 4.47. The van der Waals surface area contributed by atoms with E-state index in [1.165, 1.54) is 12.7 Å². The second kappa shape index (κ2) is 6.15. The van der Waals surface area contributed by atoms with E-state index in [9.17, 15) is 9.59 Å². The van der Waals surface area contributed by atoms with Crippen LogP contribution in [0.2, 0.25) is 0 Å². The summed E-state index contributed by atoms with van der Waals surface area (Å²) in [5.74, 6) is -0.234. The Morgan fingerprint density at radius 3 is 2.22 bits per heavy atom. The average molecular weight is 246 g/mol. The molecule has 0 atom stereocenters. The molecule has 18 heavy (non-hydrogen) atoms. The van der Waals surface area contributed by atoms with Crippen LogP contribution in [-0.2, 0) is 9.53 Å². The van der Waals surface area contributed by atoms with Gasteiger partial charge in [0.1, 0.15) is 0 Å². The molecule has 1 rings (SSSR count). The van der Waals surface area contributed by atoms with Crippen LogP contribution in [-0.4, -0.2) is 18.9 Å². The molecule has 0 heterocycles. The van der Waals surface area contributed by atoms with Crippen molar-refractivity contribution in [2.24, 2.45) is 0 Å². The van der Waals surface area contributed by atoms with Crippen LogP contribution < -0.4 is 0 Å². The van der Waals surface area contributed by atoms with E-state index in [1.54, 1.807) is 12.1 Å². The number of ketones is 1. The van der Waals surface area contributed by atoms with Gasteiger partial charge in [-0.2, -0.15) is 0 Å². The number of esters is 1. The summed E-state index contributed by atoms with van der Waals surface area (Å²) in [6, 6.07) is 7.42. The second-order valence-corrected chi connectivity index (χ2v) is 4.47. The molecule has 0 amide bonds. The molecular weight excluding hydrogens is 228 g/mol. The zero-order valence-electron chi connectivity index (χ0n) is 11.0. The molecule has 96 valence electrons. The van der Waals surface area contributed by atoms with Gasteiger partial charge < -0.3 is 4.74 Å². The number of methoxy groups -OCH3 is 1. The Labute approximate surface area is 107 Å². The van der Waals surface area contributed by atoms with Crippen LogP contribution in [0.4, 0.5) is 0 Å². The van der Waals surface area contributed by atoms with Crippen molar-refractivity contribution in [2.45, 2.75) is 26.2 Å². The topological polar surface area (TPSA) is 43.4 Å². The van der Waals surface area contributed by atoms with Crippen LogP contribution >= 0.6 is 0 Å². The molecule has 0 radical (unpaired) electrons. The highest BCUT2D eigenvalue weighted by molar-refractivity contribution is 6.03. The van der Waals surface area contributed by atoms with Crippen molar-refractivity contribution in [1.82, 2.24) is 0 Å². The first kappa shape index (κ1) is 14.2. The maximum atomic E-state index is 11.9. The van der Waals surface area contributed by atoms with Gasteiger partial charge in [0, 0.05) is 17.6 Å². The highest BCUT2D eigenvalue weighted by Gasteiger charge is 2.13. The molecule has 0 fully saturated rings. The van der Waals surface area contributed by atoms with Crippen LogP contribution in [0.25, 0.3) is 0 Å². The molecule has 0 unspecified atom stereocenters. The summed E-state index contributed by atoms with van der Waals surface area (Å²) in [5.41, 5.74) is 1.94. The molecule has 3 nitrogen and oxygen atoms in total. The van der Waals surface area contributed by atoms with Gasteiger partial charge in [-0.25, -0.2) is 4.79 Å². The molecule has 0 saturated carbocycles. The maximum Gasteiger partial charge on any atom is 0.333 e. The molecule has 3 heteroatoms. The first-order chi connectivity index (χ1) is 8.45. The molecule has 1 aromatic rings. The van der Waals surface area contributed by atoms with Gasteiger partial charge in [-0.05, 0) is 11.5 Å². The predicted octanol–water partition coefficient (Wildman–Crippen LogP) is 3.11. The van der Waals surface area contributed by atoms with E-state index >= 15 is 0 Å². The number of rotatable bonds is 5. The Bertz CT molecular complexity index is 455. The molecule has 0 aromatic heterocycles. The van der Waals surface area contributed by atoms with E-state index in [1.807, 2.05) is 12.1 Å². The van der Waals surface area contributed by atoms with Crippen molar-refractivity contribution < 1.29 is 14.3 Å². The lowest BCUT2D eigenvalue weighted by molar-refractivity contribution is -0.136. The predicted molar refractivity (Wildman–Crippen MR) is 70.6 cm³/mol. The largest absolute Gasteiger partial charge is 0.466 e. The molecule has 0 aliphatic carbocycles. The quantitative estimate of drug-likeness (QED) is 0.455. The third-order valence-electron chi connectivity index (χ3n) is 2.75. The van der Waals surface area contributed by atoms with Gasteiger partial charge in [0.25, 0.3) is 0 Å². The molecule has 0 spiro atoms. The Hall–Kier alpha value is -1.90. The molecule has 1 aromatic carbocycles. The number of carbonyl (C=O) groups excluding carboxylic acids is 2. The van der Waals surface area contributed by atoms with Crippen LogP contribution in [0.5, 0.6) is 0 Å². The average Bonchev–Trinajstić information content (AvgIpc) is 2.37. The fourth-order valence-electron chi connectivity index (χ4n) is 1.57. The van der Waals surface area contributed by atoms with Crippen molar-refractivity contribution in [3.05, 3.63) is 47.5 Å². The minimum atomic E-state index is -0.540. The number of hydrogen-bond acceptors (Lipinski definition) is 3. The van der Waals surface area contributed by atoms with Crippen LogP contribution in [0.3, 0.4) is 0 Å². The zero-order chi connectivity index (χ0) is 13.7. The monoisotopic (exact) mass is 246 g/mol. The van der Waals surface area contributed by atoms with Gasteiger partial charge >= 0.3 is 5.97 Å². The lowest BCUT2D eigenvalue weighted by atomic mass is 9.98. The summed E-state index contributed by atoms with van der Waals surface area (Å²) in [4.78, 5) is 23.0. The van der Waals surface area contributed by atoms with Crippen molar-refractivity contribution in [3.63, 3.8) is 0 Å². The van der Waals surface area contributed by atoms with Gasteiger partial charge in [-0.15, -0.1) is 0 Å². The van der Waals surface area contributed by atoms with Crippen molar-refractivity contribution in [3.8, 4) is 0 Å². The summed E-state index contributed by atoms with van der Waals surface area (Å²) in [6.07, 6.45) is -0.00625. The molecule has 0 aliphatic heterocycles. The Morgan fingerprint density at radius 2 is 1.78 bits per heavy atom. The highest BCUT2D eigenvalue weighted by atomic mass is 16.5. The summed E-state index contributed by atoms with van der Waals surface area (Å²) in [5, 5.41) is 0. The molecule has 0 aliphatic rings. The number of ether oxygens (including phenoxy) is 1. The summed E-state index contributed by atoms with van der Waals surface area (Å²) in [6.45, 7) is 7.73. The Balaban J connectivity index is 2.73. The third-order valence-corrected chi connectivity index (χ3v) is 2.75. The van der Waals surface area contributed by atoms with Gasteiger partial charge in [0.05, 0.1) is 7.11 Å². The maximum absolute atomic E-state index is 11.9. The molecule has 0 N–H and O–H groups in total. The molecule has 0 saturated heterocycles. The summed E-state index contributed by atoms with van der Waals surface area (Å²) < 4.78 is 4.51. The minimum absolute atomic E-state index is 0.00625. The fourth-order valence-corrected chi connectivity index (χ4v) is 1.57. The normalized spacial score (nSPS) is 10.2. The molecule has 0 bridgehead atoms. The number of hydrogen-bond donors (Lipinski definition) is 0. The highest BCUT2D eigenvalue weighted by Crippen LogP contribution is 2.16. The first-order valence-corrected chi connectivity index (χ1v) is 5.85. The van der Waals surface area contributed by atoms with E-state index in [0.29, 0.717) is 11.5 Å². The zero-order valence-corrected chi connectivity index (χ0v) is 11.0. The number of carbonyl (C=O) groups is 2. The van der Waals surface area contributed by atoms with E-state index < -0.39 is 5.97 Å². The minimum Gasteiger partial charge on any atom is -0.466 e. The van der Waals surface area contributed by atoms with Crippen LogP contribution in [0, 0.1) is 0 Å². The van der Waals surface area contributed by atoms with Gasteiger partial charge in [0.15, 0.2) is 5.78 Å². The van der Waals surface area contributed by atoms with Crippen molar-refractivity contribution >= 4 is 11.8 Å². The van der Waals surface area contributed by atoms with Crippen molar-refractivity contribution in [1.29, 1.82) is 0 Å². The number of benzene rings is 1. The SMILES string of the molecule is C=C(CC(=O)c1ccc(C(C)C)cc1)C(=O)OC. The summed E-state index contributed by atoms with van der Waals surface area (Å²) in [7, 11) is 1.27. The lowest BCUT2D eigenvalue weighted by Crippen LogP contribution is -2.09. The number of Topliss-reactive ketones (excluding diaryl/α,β-unsaturated/α-hetero) is 1. The van der Waals surface area contributed by atoms with Gasteiger partial charge in [-0.3, -0.25) is 4.79 Å². The van der Waals surface area contributed by atoms with Crippen LogP contribution in [0.15, 0.2) is 36.4 Å². The van der Waals surface area contributed by atoms with E-state index in [0.717, 1.165) is 0 Å². The smallest absolute Gasteiger partial charge is 0.333 e. The Kier molecular flexibility index (Phi) is 4.84. The lowest BCUT2D eigenvalue weighted by Gasteiger charge is -2.07. The standard InChI is InChI=1S/C15H18O3/c1-10(2)12-5-7-13(8-6-12)14(16)9-11(3)15(17)18-4/h5-8,10H,3,9H2,1-2,4H3. The Morgan fingerprint density at radius 1 is 1.22 bits per heavy atom.